The van der Waals surface area contributed by atoms with E-state index in [1.807, 2.05) is 13.0 Å². The topological polar surface area (TPSA) is 15.3 Å². The fourth-order valence-corrected chi connectivity index (χ4v) is 2.64. The second kappa shape index (κ2) is 4.30. The third kappa shape index (κ3) is 2.29. The maximum Gasteiger partial charge on any atom is 0.128 e. The molecule has 92 valence electrons. The zero-order valence-electron chi connectivity index (χ0n) is 10.2. The summed E-state index contributed by atoms with van der Waals surface area (Å²) in [5, 5.41) is 3.65. The second-order valence-electron chi connectivity index (χ2n) is 5.26. The van der Waals surface area contributed by atoms with E-state index in [0.717, 1.165) is 30.4 Å². The quantitative estimate of drug-likeness (QED) is 0.864. The molecule has 1 N–H and O–H groups in total. The lowest BCUT2D eigenvalue weighted by Crippen LogP contribution is -2.34. The van der Waals surface area contributed by atoms with Gasteiger partial charge in [0.15, 0.2) is 0 Å². The molecular formula is C14H19FN2. The lowest BCUT2D eigenvalue weighted by molar-refractivity contribution is 0.548. The molecule has 0 aromatic heterocycles. The van der Waals surface area contributed by atoms with E-state index in [0.29, 0.717) is 6.04 Å². The van der Waals surface area contributed by atoms with Crippen molar-refractivity contribution in [3.05, 3.63) is 29.6 Å². The maximum atomic E-state index is 13.5. The third-order valence-corrected chi connectivity index (χ3v) is 3.82. The minimum Gasteiger partial charge on any atom is -0.370 e. The van der Waals surface area contributed by atoms with Crippen LogP contribution in [0.3, 0.4) is 0 Å². The molecule has 0 radical (unpaired) electrons. The molecule has 1 aromatic carbocycles. The molecule has 1 aliphatic heterocycles. The van der Waals surface area contributed by atoms with Crippen molar-refractivity contribution in [2.24, 2.45) is 0 Å². The number of halogens is 1. The van der Waals surface area contributed by atoms with Gasteiger partial charge in [-0.25, -0.2) is 4.39 Å². The molecule has 0 amide bonds. The number of nitrogens with one attached hydrogen (secondary N) is 1. The molecule has 1 atom stereocenters. The highest BCUT2D eigenvalue weighted by atomic mass is 19.1. The summed E-state index contributed by atoms with van der Waals surface area (Å²) >= 11 is 0. The zero-order valence-corrected chi connectivity index (χ0v) is 10.2. The van der Waals surface area contributed by atoms with Crippen LogP contribution in [0.2, 0.25) is 0 Å². The van der Waals surface area contributed by atoms with Crippen molar-refractivity contribution in [1.82, 2.24) is 5.32 Å². The molecule has 1 unspecified atom stereocenters. The van der Waals surface area contributed by atoms with Crippen LogP contribution in [0.5, 0.6) is 0 Å². The van der Waals surface area contributed by atoms with Gasteiger partial charge in [0, 0.05) is 36.4 Å². The molecule has 1 aromatic rings. The molecule has 1 heterocycles. The Morgan fingerprint density at radius 2 is 2.06 bits per heavy atom. The van der Waals surface area contributed by atoms with Crippen LogP contribution in [0.1, 0.15) is 24.8 Å². The van der Waals surface area contributed by atoms with Crippen molar-refractivity contribution in [3.8, 4) is 0 Å². The van der Waals surface area contributed by atoms with Gasteiger partial charge in [0.2, 0.25) is 0 Å². The largest absolute Gasteiger partial charge is 0.370 e. The van der Waals surface area contributed by atoms with Crippen LogP contribution < -0.4 is 10.2 Å². The second-order valence-corrected chi connectivity index (χ2v) is 5.26. The molecule has 3 heteroatoms. The molecule has 1 saturated carbocycles. The fraction of sp³-hybridized carbons (Fsp3) is 0.571. The first kappa shape index (κ1) is 11.0. The molecule has 1 aliphatic carbocycles. The van der Waals surface area contributed by atoms with Crippen LogP contribution in [0.25, 0.3) is 0 Å². The van der Waals surface area contributed by atoms with E-state index in [4.69, 9.17) is 0 Å². The minimum absolute atomic E-state index is 0.0962. The van der Waals surface area contributed by atoms with Crippen molar-refractivity contribution in [1.29, 1.82) is 0 Å². The highest BCUT2D eigenvalue weighted by Crippen LogP contribution is 2.27. The highest BCUT2D eigenvalue weighted by molar-refractivity contribution is 5.54. The molecule has 2 nitrogen and oxygen atoms in total. The van der Waals surface area contributed by atoms with Gasteiger partial charge in [-0.1, -0.05) is 6.07 Å². The van der Waals surface area contributed by atoms with Crippen LogP contribution in [-0.4, -0.2) is 25.2 Å². The van der Waals surface area contributed by atoms with E-state index >= 15 is 0 Å². The average Bonchev–Trinajstić information content (AvgIpc) is 3.00. The van der Waals surface area contributed by atoms with E-state index in [9.17, 15) is 4.39 Å². The van der Waals surface area contributed by atoms with Gasteiger partial charge in [-0.2, -0.15) is 0 Å². The first-order valence-electron chi connectivity index (χ1n) is 6.50. The van der Waals surface area contributed by atoms with Crippen molar-refractivity contribution in [2.45, 2.75) is 38.3 Å². The van der Waals surface area contributed by atoms with E-state index in [1.54, 1.807) is 6.07 Å². The Balaban J connectivity index is 1.70. The summed E-state index contributed by atoms with van der Waals surface area (Å²) in [6.07, 6.45) is 3.83. The Labute approximate surface area is 102 Å². The van der Waals surface area contributed by atoms with Crippen LogP contribution in [-0.2, 0) is 0 Å². The molecule has 2 aliphatic rings. The maximum absolute atomic E-state index is 13.5. The highest BCUT2D eigenvalue weighted by Gasteiger charge is 2.29. The van der Waals surface area contributed by atoms with Gasteiger partial charge in [0.25, 0.3) is 0 Å². The Morgan fingerprint density at radius 3 is 2.82 bits per heavy atom. The van der Waals surface area contributed by atoms with Crippen molar-refractivity contribution >= 4 is 5.69 Å². The third-order valence-electron chi connectivity index (χ3n) is 3.82. The first-order chi connectivity index (χ1) is 8.24. The molecule has 0 bridgehead atoms. The Morgan fingerprint density at radius 1 is 1.24 bits per heavy atom. The number of hydrogen-bond acceptors (Lipinski definition) is 2. The van der Waals surface area contributed by atoms with E-state index in [1.165, 1.54) is 25.3 Å². The Hall–Kier alpha value is -1.09. The monoisotopic (exact) mass is 234 g/mol. The van der Waals surface area contributed by atoms with E-state index in [2.05, 4.69) is 10.2 Å². The zero-order chi connectivity index (χ0) is 11.8. The first-order valence-corrected chi connectivity index (χ1v) is 6.50. The van der Waals surface area contributed by atoms with Crippen LogP contribution >= 0.6 is 0 Å². The molecule has 0 spiro atoms. The summed E-state index contributed by atoms with van der Waals surface area (Å²) in [5.74, 6) is -0.0962. The fourth-order valence-electron chi connectivity index (χ4n) is 2.64. The van der Waals surface area contributed by atoms with Gasteiger partial charge in [-0.15, -0.1) is 0 Å². The van der Waals surface area contributed by atoms with Gasteiger partial charge >= 0.3 is 0 Å². The molecule has 1 saturated heterocycles. The van der Waals surface area contributed by atoms with Crippen LogP contribution in [0, 0.1) is 12.7 Å². The SMILES string of the molecule is Cc1c(F)cccc1N1CCC(NC2CC2)C1. The summed E-state index contributed by atoms with van der Waals surface area (Å²) in [5.41, 5.74) is 1.84. The lowest BCUT2D eigenvalue weighted by Gasteiger charge is -2.21. The van der Waals surface area contributed by atoms with Crippen LogP contribution in [0.15, 0.2) is 18.2 Å². The minimum atomic E-state index is -0.0962. The standard InChI is InChI=1S/C14H19FN2/c1-10-13(15)3-2-4-14(10)17-8-7-12(9-17)16-11-5-6-11/h2-4,11-12,16H,5-9H2,1H3. The smallest absolute Gasteiger partial charge is 0.128 e. The van der Waals surface area contributed by atoms with E-state index < -0.39 is 0 Å². The van der Waals surface area contributed by atoms with Crippen molar-refractivity contribution in [3.63, 3.8) is 0 Å². The predicted molar refractivity (Wildman–Crippen MR) is 67.9 cm³/mol. The van der Waals surface area contributed by atoms with Gasteiger partial charge in [-0.05, 0) is 38.3 Å². The summed E-state index contributed by atoms with van der Waals surface area (Å²) in [6.45, 7) is 3.92. The molecule has 2 fully saturated rings. The van der Waals surface area contributed by atoms with Gasteiger partial charge in [0.1, 0.15) is 5.82 Å². The predicted octanol–water partition coefficient (Wildman–Crippen LogP) is 2.46. The molecular weight excluding hydrogens is 215 g/mol. The van der Waals surface area contributed by atoms with Gasteiger partial charge < -0.3 is 10.2 Å². The summed E-state index contributed by atoms with van der Waals surface area (Å²) < 4.78 is 13.5. The normalized spacial score (nSPS) is 24.4. The number of nitrogens with zero attached hydrogens (tertiary/aromatic N) is 1. The molecule has 3 rings (SSSR count). The summed E-state index contributed by atoms with van der Waals surface area (Å²) in [6, 6.07) is 6.71. The number of rotatable bonds is 3. The Kier molecular flexibility index (Phi) is 2.79. The van der Waals surface area contributed by atoms with E-state index in [-0.39, 0.29) is 5.82 Å². The average molecular weight is 234 g/mol. The number of anilines is 1. The van der Waals surface area contributed by atoms with Crippen molar-refractivity contribution < 1.29 is 4.39 Å². The Bertz CT molecular complexity index is 415. The summed E-state index contributed by atoms with van der Waals surface area (Å²) in [4.78, 5) is 2.30. The van der Waals surface area contributed by atoms with Gasteiger partial charge in [0.05, 0.1) is 0 Å². The van der Waals surface area contributed by atoms with Crippen LogP contribution in [0.4, 0.5) is 10.1 Å². The summed E-state index contributed by atoms with van der Waals surface area (Å²) in [7, 11) is 0. The lowest BCUT2D eigenvalue weighted by atomic mass is 10.2. The van der Waals surface area contributed by atoms with Crippen molar-refractivity contribution in [2.75, 3.05) is 18.0 Å². The van der Waals surface area contributed by atoms with Gasteiger partial charge in [-0.3, -0.25) is 0 Å². The molecule has 17 heavy (non-hydrogen) atoms. The number of hydrogen-bond donors (Lipinski definition) is 1. The number of benzene rings is 1.